The summed E-state index contributed by atoms with van der Waals surface area (Å²) < 4.78 is 12.7. The van der Waals surface area contributed by atoms with Gasteiger partial charge in [-0.3, -0.25) is 0 Å². The summed E-state index contributed by atoms with van der Waals surface area (Å²) >= 11 is 0. The maximum absolute atomic E-state index is 6.34. The monoisotopic (exact) mass is 547 g/mol. The molecular formula is C38H34BNO2. The molecule has 3 nitrogen and oxygen atoms in total. The highest BCUT2D eigenvalue weighted by Gasteiger charge is 2.51. The van der Waals surface area contributed by atoms with Gasteiger partial charge in [0.2, 0.25) is 0 Å². The molecule has 0 aliphatic carbocycles. The van der Waals surface area contributed by atoms with Gasteiger partial charge in [0.05, 0.1) is 16.9 Å². The zero-order valence-corrected chi connectivity index (χ0v) is 24.5. The lowest BCUT2D eigenvalue weighted by molar-refractivity contribution is 0.00578. The van der Waals surface area contributed by atoms with Gasteiger partial charge in [0.1, 0.15) is 0 Å². The van der Waals surface area contributed by atoms with Crippen LogP contribution in [0.15, 0.2) is 133 Å². The second-order valence-electron chi connectivity index (χ2n) is 12.1. The van der Waals surface area contributed by atoms with Gasteiger partial charge in [0, 0.05) is 16.8 Å². The fraction of sp³-hybridized carbons (Fsp3) is 0.158. The third-order valence-corrected chi connectivity index (χ3v) is 8.90. The molecule has 206 valence electrons. The van der Waals surface area contributed by atoms with E-state index in [1.165, 1.54) is 32.7 Å². The Labute approximate surface area is 248 Å². The lowest BCUT2D eigenvalue weighted by Crippen LogP contribution is -2.41. The molecule has 0 amide bonds. The van der Waals surface area contributed by atoms with Gasteiger partial charge in [-0.1, -0.05) is 103 Å². The molecule has 1 aliphatic rings. The smallest absolute Gasteiger partial charge is 0.399 e. The molecule has 0 bridgehead atoms. The highest BCUT2D eigenvalue weighted by atomic mass is 16.7. The second-order valence-corrected chi connectivity index (χ2v) is 12.1. The first kappa shape index (κ1) is 26.5. The Morgan fingerprint density at radius 2 is 1.00 bits per heavy atom. The van der Waals surface area contributed by atoms with Gasteiger partial charge >= 0.3 is 7.12 Å². The topological polar surface area (TPSA) is 21.7 Å². The third kappa shape index (κ3) is 4.57. The molecule has 42 heavy (non-hydrogen) atoms. The molecule has 0 aromatic heterocycles. The standard InChI is InChI=1S/C38H34BNO2/c1-37(2)38(3,4)42-39(41-37)30-20-24-32(25-21-30)40(31-22-18-28(19-23-31)27-12-6-5-7-13-27)36-26-29-14-8-9-15-33(29)34-16-10-11-17-35(34)36/h5-26H,1-4H3. The van der Waals surface area contributed by atoms with Gasteiger partial charge in [0.25, 0.3) is 0 Å². The van der Waals surface area contributed by atoms with Crippen molar-refractivity contribution < 1.29 is 9.31 Å². The van der Waals surface area contributed by atoms with Crippen LogP contribution >= 0.6 is 0 Å². The predicted octanol–water partition coefficient (Wildman–Crippen LogP) is 9.43. The Bertz CT molecular complexity index is 1860. The first-order valence-corrected chi connectivity index (χ1v) is 14.6. The van der Waals surface area contributed by atoms with Gasteiger partial charge in [-0.15, -0.1) is 0 Å². The molecule has 1 aliphatic heterocycles. The normalized spacial score (nSPS) is 15.8. The average molecular weight is 548 g/mol. The molecule has 1 fully saturated rings. The Balaban J connectivity index is 1.36. The summed E-state index contributed by atoms with van der Waals surface area (Å²) in [6.45, 7) is 8.36. The van der Waals surface area contributed by atoms with Gasteiger partial charge in [-0.25, -0.2) is 0 Å². The number of nitrogens with zero attached hydrogens (tertiary/aromatic N) is 1. The van der Waals surface area contributed by atoms with E-state index in [4.69, 9.17) is 9.31 Å². The van der Waals surface area contributed by atoms with Crippen molar-refractivity contribution >= 4 is 51.2 Å². The quantitative estimate of drug-likeness (QED) is 0.159. The minimum absolute atomic E-state index is 0.382. The van der Waals surface area contributed by atoms with Crippen molar-refractivity contribution in [3.05, 3.63) is 133 Å². The summed E-state index contributed by atoms with van der Waals surface area (Å²) in [5, 5.41) is 4.92. The van der Waals surface area contributed by atoms with Gasteiger partial charge in [-0.2, -0.15) is 0 Å². The van der Waals surface area contributed by atoms with Crippen molar-refractivity contribution in [2.75, 3.05) is 4.90 Å². The van der Waals surface area contributed by atoms with Crippen molar-refractivity contribution in [2.45, 2.75) is 38.9 Å². The molecule has 0 radical (unpaired) electrons. The lowest BCUT2D eigenvalue weighted by atomic mass is 9.79. The highest BCUT2D eigenvalue weighted by molar-refractivity contribution is 6.62. The number of hydrogen-bond donors (Lipinski definition) is 0. The second kappa shape index (κ2) is 10.2. The molecule has 0 unspecified atom stereocenters. The molecule has 1 saturated heterocycles. The first-order chi connectivity index (χ1) is 20.3. The van der Waals surface area contributed by atoms with E-state index >= 15 is 0 Å². The minimum atomic E-state index is -0.399. The lowest BCUT2D eigenvalue weighted by Gasteiger charge is -2.32. The van der Waals surface area contributed by atoms with Crippen molar-refractivity contribution in [3.63, 3.8) is 0 Å². The van der Waals surface area contributed by atoms with Gasteiger partial charge in [0.15, 0.2) is 0 Å². The van der Waals surface area contributed by atoms with E-state index < -0.39 is 7.12 Å². The first-order valence-electron chi connectivity index (χ1n) is 14.6. The van der Waals surface area contributed by atoms with Crippen LogP contribution in [0.3, 0.4) is 0 Å². The zero-order valence-electron chi connectivity index (χ0n) is 24.5. The van der Waals surface area contributed by atoms with Crippen molar-refractivity contribution in [2.24, 2.45) is 0 Å². The van der Waals surface area contributed by atoms with E-state index in [2.05, 4.69) is 166 Å². The van der Waals surface area contributed by atoms with Crippen molar-refractivity contribution in [1.82, 2.24) is 0 Å². The van der Waals surface area contributed by atoms with Crippen LogP contribution in [0.5, 0.6) is 0 Å². The predicted molar refractivity (Wildman–Crippen MR) is 177 cm³/mol. The van der Waals surface area contributed by atoms with E-state index in [1.807, 2.05) is 0 Å². The summed E-state index contributed by atoms with van der Waals surface area (Å²) in [6, 6.07) is 47.6. The largest absolute Gasteiger partial charge is 0.494 e. The fourth-order valence-corrected chi connectivity index (χ4v) is 5.84. The number of rotatable bonds is 5. The van der Waals surface area contributed by atoms with E-state index in [-0.39, 0.29) is 11.2 Å². The maximum atomic E-state index is 6.34. The summed E-state index contributed by atoms with van der Waals surface area (Å²) in [7, 11) is -0.399. The van der Waals surface area contributed by atoms with E-state index in [0.717, 1.165) is 22.5 Å². The average Bonchev–Trinajstić information content (AvgIpc) is 3.24. The minimum Gasteiger partial charge on any atom is -0.399 e. The number of anilines is 3. The Morgan fingerprint density at radius 3 is 1.64 bits per heavy atom. The molecule has 0 N–H and O–H groups in total. The summed E-state index contributed by atoms with van der Waals surface area (Å²) in [4.78, 5) is 2.36. The number of fused-ring (bicyclic) bond motifs is 3. The molecule has 0 atom stereocenters. The van der Waals surface area contributed by atoms with Crippen LogP contribution < -0.4 is 10.4 Å². The van der Waals surface area contributed by atoms with Crippen LogP contribution in [0.1, 0.15) is 27.7 Å². The van der Waals surface area contributed by atoms with Crippen LogP contribution in [-0.4, -0.2) is 18.3 Å². The van der Waals surface area contributed by atoms with Crippen molar-refractivity contribution in [3.8, 4) is 11.1 Å². The molecule has 0 saturated carbocycles. The van der Waals surface area contributed by atoms with Crippen molar-refractivity contribution in [1.29, 1.82) is 0 Å². The number of hydrogen-bond acceptors (Lipinski definition) is 3. The van der Waals surface area contributed by atoms with Crippen LogP contribution in [-0.2, 0) is 9.31 Å². The summed E-state index contributed by atoms with van der Waals surface area (Å²) in [6.07, 6.45) is 0. The fourth-order valence-electron chi connectivity index (χ4n) is 5.84. The maximum Gasteiger partial charge on any atom is 0.494 e. The molecule has 7 rings (SSSR count). The molecule has 1 heterocycles. The number of benzene rings is 6. The van der Waals surface area contributed by atoms with E-state index in [9.17, 15) is 0 Å². The summed E-state index contributed by atoms with van der Waals surface area (Å²) in [5.41, 5.74) is 5.96. The van der Waals surface area contributed by atoms with Crippen LogP contribution in [0.25, 0.3) is 32.7 Å². The highest BCUT2D eigenvalue weighted by Crippen LogP contribution is 2.42. The van der Waals surface area contributed by atoms with Gasteiger partial charge < -0.3 is 14.2 Å². The SMILES string of the molecule is CC1(C)OB(c2ccc(N(c3ccc(-c4ccccc4)cc3)c3cc4ccccc4c4ccccc34)cc2)OC1(C)C. The molecule has 0 spiro atoms. The molecular weight excluding hydrogens is 513 g/mol. The van der Waals surface area contributed by atoms with Crippen LogP contribution in [0.4, 0.5) is 17.1 Å². The third-order valence-electron chi connectivity index (χ3n) is 8.90. The molecule has 6 aromatic carbocycles. The molecule has 6 aromatic rings. The zero-order chi connectivity index (χ0) is 28.9. The molecule has 4 heteroatoms. The summed E-state index contributed by atoms with van der Waals surface area (Å²) in [5.74, 6) is 0. The van der Waals surface area contributed by atoms with Crippen LogP contribution in [0.2, 0.25) is 0 Å². The Kier molecular flexibility index (Phi) is 6.42. The Hall–Kier alpha value is -4.38. The van der Waals surface area contributed by atoms with Gasteiger partial charge in [-0.05, 0) is 90.8 Å². The Morgan fingerprint density at radius 1 is 0.500 bits per heavy atom. The van der Waals surface area contributed by atoms with Crippen LogP contribution in [0, 0.1) is 0 Å². The van der Waals surface area contributed by atoms with E-state index in [1.54, 1.807) is 0 Å². The van der Waals surface area contributed by atoms with E-state index in [0.29, 0.717) is 0 Å².